The minimum atomic E-state index is -1.21. The van der Waals surface area contributed by atoms with E-state index < -0.39 is 11.5 Å². The van der Waals surface area contributed by atoms with Crippen LogP contribution in [0.4, 0.5) is 4.79 Å². The topological polar surface area (TPSA) is 99.1 Å². The summed E-state index contributed by atoms with van der Waals surface area (Å²) < 4.78 is 5.16. The van der Waals surface area contributed by atoms with E-state index in [9.17, 15) is 14.7 Å². The van der Waals surface area contributed by atoms with E-state index in [2.05, 4.69) is 5.32 Å². The number of amides is 2. The second kappa shape index (κ2) is 8.06. The molecule has 20 heavy (non-hydrogen) atoms. The van der Waals surface area contributed by atoms with E-state index in [1.165, 1.54) is 4.90 Å². The molecule has 1 aliphatic rings. The van der Waals surface area contributed by atoms with Crippen LogP contribution < -0.4 is 5.32 Å². The highest BCUT2D eigenvalue weighted by Crippen LogP contribution is 2.21. The SMILES string of the molecule is CN(CCCCCO)C(=O)NC1(C(=O)O)CCOCC1. The number of hydrogen-bond donors (Lipinski definition) is 3. The molecule has 0 saturated carbocycles. The van der Waals surface area contributed by atoms with Gasteiger partial charge in [0.15, 0.2) is 0 Å². The Morgan fingerprint density at radius 1 is 1.25 bits per heavy atom. The van der Waals surface area contributed by atoms with E-state index in [1.54, 1.807) is 7.05 Å². The predicted molar refractivity (Wildman–Crippen MR) is 72.5 cm³/mol. The Labute approximate surface area is 118 Å². The van der Waals surface area contributed by atoms with Crippen molar-refractivity contribution in [3.63, 3.8) is 0 Å². The van der Waals surface area contributed by atoms with Crippen molar-refractivity contribution in [1.29, 1.82) is 0 Å². The average molecular weight is 288 g/mol. The first-order chi connectivity index (χ1) is 9.52. The molecule has 0 aliphatic carbocycles. The van der Waals surface area contributed by atoms with Crippen LogP contribution in [0.3, 0.4) is 0 Å². The third kappa shape index (κ3) is 4.64. The van der Waals surface area contributed by atoms with Gasteiger partial charge in [-0.3, -0.25) is 0 Å². The van der Waals surface area contributed by atoms with Crippen LogP contribution in [-0.2, 0) is 9.53 Å². The molecule has 0 bridgehead atoms. The zero-order valence-electron chi connectivity index (χ0n) is 11.9. The number of urea groups is 1. The number of carbonyl (C=O) groups is 2. The number of nitrogens with one attached hydrogen (secondary N) is 1. The molecule has 0 spiro atoms. The van der Waals surface area contributed by atoms with Gasteiger partial charge in [-0.15, -0.1) is 0 Å². The summed E-state index contributed by atoms with van der Waals surface area (Å²) in [5.41, 5.74) is -1.21. The van der Waals surface area contributed by atoms with Crippen molar-refractivity contribution in [1.82, 2.24) is 10.2 Å². The first-order valence-corrected chi connectivity index (χ1v) is 6.97. The molecule has 1 rings (SSSR count). The van der Waals surface area contributed by atoms with Gasteiger partial charge in [-0.05, 0) is 19.3 Å². The second-order valence-electron chi connectivity index (χ2n) is 5.14. The van der Waals surface area contributed by atoms with Crippen molar-refractivity contribution in [2.24, 2.45) is 0 Å². The van der Waals surface area contributed by atoms with E-state index >= 15 is 0 Å². The molecule has 0 aromatic carbocycles. The Balaban J connectivity index is 2.47. The number of rotatable bonds is 7. The third-order valence-corrected chi connectivity index (χ3v) is 3.60. The molecule has 116 valence electrons. The molecular formula is C13H24N2O5. The van der Waals surface area contributed by atoms with Crippen LogP contribution in [0.1, 0.15) is 32.1 Å². The maximum Gasteiger partial charge on any atom is 0.329 e. The van der Waals surface area contributed by atoms with E-state index in [0.29, 0.717) is 26.2 Å². The van der Waals surface area contributed by atoms with Gasteiger partial charge in [0.05, 0.1) is 0 Å². The number of nitrogens with zero attached hydrogens (tertiary/aromatic N) is 1. The molecule has 7 heteroatoms. The maximum absolute atomic E-state index is 12.0. The Bertz CT molecular complexity index is 329. The normalized spacial score (nSPS) is 17.5. The van der Waals surface area contributed by atoms with Crippen molar-refractivity contribution in [3.8, 4) is 0 Å². The Morgan fingerprint density at radius 2 is 1.90 bits per heavy atom. The lowest BCUT2D eigenvalue weighted by Gasteiger charge is -2.35. The van der Waals surface area contributed by atoms with Gasteiger partial charge in [0.25, 0.3) is 0 Å². The van der Waals surface area contributed by atoms with Gasteiger partial charge in [0.2, 0.25) is 0 Å². The Morgan fingerprint density at radius 3 is 2.45 bits per heavy atom. The number of aliphatic hydroxyl groups is 1. The van der Waals surface area contributed by atoms with E-state index in [1.807, 2.05) is 0 Å². The lowest BCUT2D eigenvalue weighted by molar-refractivity contribution is -0.148. The van der Waals surface area contributed by atoms with Gasteiger partial charge in [-0.25, -0.2) is 9.59 Å². The number of aliphatic hydroxyl groups excluding tert-OH is 1. The Kier molecular flexibility index (Phi) is 6.74. The number of carboxylic acids is 1. The van der Waals surface area contributed by atoms with Crippen LogP contribution in [0.2, 0.25) is 0 Å². The van der Waals surface area contributed by atoms with E-state index in [4.69, 9.17) is 9.84 Å². The zero-order valence-corrected chi connectivity index (χ0v) is 11.9. The van der Waals surface area contributed by atoms with Crippen LogP contribution in [0.25, 0.3) is 0 Å². The van der Waals surface area contributed by atoms with Gasteiger partial charge in [0.1, 0.15) is 5.54 Å². The predicted octanol–water partition coefficient (Wildman–Crippen LogP) is 0.424. The lowest BCUT2D eigenvalue weighted by Crippen LogP contribution is -2.59. The number of unbranched alkanes of at least 4 members (excludes halogenated alkanes) is 2. The minimum Gasteiger partial charge on any atom is -0.480 e. The molecule has 1 fully saturated rings. The van der Waals surface area contributed by atoms with E-state index in [-0.39, 0.29) is 25.5 Å². The second-order valence-corrected chi connectivity index (χ2v) is 5.14. The van der Waals surface area contributed by atoms with Crippen molar-refractivity contribution < 1.29 is 24.5 Å². The summed E-state index contributed by atoms with van der Waals surface area (Å²) in [6.45, 7) is 1.37. The Hall–Kier alpha value is -1.34. The number of ether oxygens (including phenoxy) is 1. The molecule has 1 heterocycles. The third-order valence-electron chi connectivity index (χ3n) is 3.60. The van der Waals surface area contributed by atoms with Crippen LogP contribution in [-0.4, -0.2) is 66.1 Å². The largest absolute Gasteiger partial charge is 0.480 e. The minimum absolute atomic E-state index is 0.151. The molecular weight excluding hydrogens is 264 g/mol. The quantitative estimate of drug-likeness (QED) is 0.590. The lowest BCUT2D eigenvalue weighted by atomic mass is 9.90. The standard InChI is InChI=1S/C13H24N2O5/c1-15(7-3-2-4-8-16)12(19)14-13(11(17)18)5-9-20-10-6-13/h16H,2-10H2,1H3,(H,14,19)(H,17,18). The number of aliphatic carboxylic acids is 1. The van der Waals surface area contributed by atoms with Gasteiger partial charge in [-0.2, -0.15) is 0 Å². The summed E-state index contributed by atoms with van der Waals surface area (Å²) in [6.07, 6.45) is 2.91. The summed E-state index contributed by atoms with van der Waals surface area (Å²) in [6, 6.07) is -0.377. The molecule has 0 radical (unpaired) electrons. The number of carboxylic acid groups (broad SMARTS) is 1. The molecule has 1 saturated heterocycles. The summed E-state index contributed by atoms with van der Waals surface area (Å²) in [5, 5.41) is 20.7. The van der Waals surface area contributed by atoms with Gasteiger partial charge in [0, 0.05) is 46.3 Å². The summed E-state index contributed by atoms with van der Waals surface area (Å²) in [5.74, 6) is -1.01. The highest BCUT2D eigenvalue weighted by molar-refractivity contribution is 5.86. The summed E-state index contributed by atoms with van der Waals surface area (Å²) >= 11 is 0. The molecule has 7 nitrogen and oxygen atoms in total. The molecule has 1 aliphatic heterocycles. The first kappa shape index (κ1) is 16.7. The molecule has 0 aromatic heterocycles. The van der Waals surface area contributed by atoms with Crippen molar-refractivity contribution in [3.05, 3.63) is 0 Å². The highest BCUT2D eigenvalue weighted by Gasteiger charge is 2.42. The van der Waals surface area contributed by atoms with Crippen LogP contribution >= 0.6 is 0 Å². The van der Waals surface area contributed by atoms with E-state index in [0.717, 1.165) is 12.8 Å². The van der Waals surface area contributed by atoms with Gasteiger partial charge in [-0.1, -0.05) is 0 Å². The fourth-order valence-corrected chi connectivity index (χ4v) is 2.15. The molecule has 0 aromatic rings. The van der Waals surface area contributed by atoms with Crippen molar-refractivity contribution in [2.75, 3.05) is 33.4 Å². The molecule has 2 amide bonds. The van der Waals surface area contributed by atoms with Crippen molar-refractivity contribution in [2.45, 2.75) is 37.6 Å². The van der Waals surface area contributed by atoms with Crippen molar-refractivity contribution >= 4 is 12.0 Å². The molecule has 0 atom stereocenters. The molecule has 0 unspecified atom stereocenters. The number of carbonyl (C=O) groups excluding carboxylic acids is 1. The first-order valence-electron chi connectivity index (χ1n) is 6.97. The zero-order chi connectivity index (χ0) is 15.0. The van der Waals surface area contributed by atoms with Crippen LogP contribution in [0, 0.1) is 0 Å². The molecule has 3 N–H and O–H groups in total. The van der Waals surface area contributed by atoms with Crippen LogP contribution in [0.15, 0.2) is 0 Å². The fourth-order valence-electron chi connectivity index (χ4n) is 2.15. The maximum atomic E-state index is 12.0. The smallest absolute Gasteiger partial charge is 0.329 e. The van der Waals surface area contributed by atoms with Gasteiger partial charge >= 0.3 is 12.0 Å². The monoisotopic (exact) mass is 288 g/mol. The summed E-state index contributed by atoms with van der Waals surface area (Å²) in [7, 11) is 1.64. The highest BCUT2D eigenvalue weighted by atomic mass is 16.5. The fraction of sp³-hybridized carbons (Fsp3) is 0.846. The van der Waals surface area contributed by atoms with Crippen LogP contribution in [0.5, 0.6) is 0 Å². The number of hydrogen-bond acceptors (Lipinski definition) is 4. The average Bonchev–Trinajstić information content (AvgIpc) is 2.44. The van der Waals surface area contributed by atoms with Gasteiger partial charge < -0.3 is 25.2 Å². The summed E-state index contributed by atoms with van der Waals surface area (Å²) in [4.78, 5) is 24.9.